The second kappa shape index (κ2) is 8.99. The van der Waals surface area contributed by atoms with Gasteiger partial charge in [-0.3, -0.25) is 0 Å². The van der Waals surface area contributed by atoms with Gasteiger partial charge < -0.3 is 5.73 Å². The fourth-order valence-corrected chi connectivity index (χ4v) is 6.94. The van der Waals surface area contributed by atoms with Crippen molar-refractivity contribution in [3.63, 3.8) is 0 Å². The maximum absolute atomic E-state index is 6.25. The first-order valence-corrected chi connectivity index (χ1v) is 13.9. The third kappa shape index (κ3) is 3.53. The summed E-state index contributed by atoms with van der Waals surface area (Å²) in [5, 5.41) is 1.10. The number of hydrogen-bond acceptors (Lipinski definition) is 3. The van der Waals surface area contributed by atoms with Gasteiger partial charge in [-0.15, -0.1) is 11.3 Å². The van der Waals surface area contributed by atoms with Crippen molar-refractivity contribution in [1.29, 1.82) is 0 Å². The quantitative estimate of drug-likeness (QED) is 0.259. The first-order chi connectivity index (χ1) is 17.6. The topological polar surface area (TPSA) is 38.9 Å². The molecule has 5 aromatic rings. The molecule has 1 atom stereocenters. The minimum absolute atomic E-state index is 0.0118. The minimum atomic E-state index is 0.0118. The molecule has 2 N–H and O–H groups in total. The molecule has 6 rings (SSSR count). The Morgan fingerprint density at radius 3 is 2.00 bits per heavy atom. The molecule has 1 aliphatic carbocycles. The Bertz CT molecular complexity index is 1520. The zero-order valence-corrected chi connectivity index (χ0v) is 22.0. The molecule has 180 valence electrons. The number of thiazole rings is 1. The minimum Gasteiger partial charge on any atom is -0.324 e. The molecule has 1 unspecified atom stereocenters. The molecule has 4 aromatic carbocycles. The molecule has 0 bridgehead atoms. The van der Waals surface area contributed by atoms with E-state index in [0.717, 1.165) is 29.8 Å². The van der Waals surface area contributed by atoms with E-state index in [1.54, 1.807) is 11.3 Å². The van der Waals surface area contributed by atoms with Crippen LogP contribution in [0.25, 0.3) is 43.0 Å². The summed E-state index contributed by atoms with van der Waals surface area (Å²) in [5.74, 6) is 0. The van der Waals surface area contributed by atoms with Crippen LogP contribution in [-0.2, 0) is 5.41 Å². The smallest absolute Gasteiger partial charge is 0.124 e. The molecule has 3 heteroatoms. The first-order valence-electron chi connectivity index (χ1n) is 13.1. The van der Waals surface area contributed by atoms with Gasteiger partial charge in [-0.05, 0) is 82.5 Å². The molecule has 0 saturated carbocycles. The van der Waals surface area contributed by atoms with Crippen LogP contribution in [0.1, 0.15) is 62.8 Å². The number of nitrogens with zero attached hydrogens (tertiary/aromatic N) is 1. The predicted molar refractivity (Wildman–Crippen MR) is 155 cm³/mol. The molecule has 0 aliphatic heterocycles. The van der Waals surface area contributed by atoms with Crippen molar-refractivity contribution in [3.05, 3.63) is 102 Å². The van der Waals surface area contributed by atoms with Crippen molar-refractivity contribution >= 4 is 21.6 Å². The predicted octanol–water partition coefficient (Wildman–Crippen LogP) is 9.13. The molecule has 0 spiro atoms. The molecule has 1 aromatic heterocycles. The number of rotatable bonds is 6. The molecule has 1 heterocycles. The van der Waals surface area contributed by atoms with Crippen LogP contribution in [0.3, 0.4) is 0 Å². The largest absolute Gasteiger partial charge is 0.324 e. The Morgan fingerprint density at radius 1 is 0.750 bits per heavy atom. The molecule has 2 nitrogen and oxygen atoms in total. The van der Waals surface area contributed by atoms with Gasteiger partial charge in [0.15, 0.2) is 0 Å². The summed E-state index contributed by atoms with van der Waals surface area (Å²) in [6.45, 7) is 6.80. The Labute approximate surface area is 217 Å². The van der Waals surface area contributed by atoms with E-state index >= 15 is 0 Å². The van der Waals surface area contributed by atoms with Crippen LogP contribution in [0.15, 0.2) is 84.9 Å². The Morgan fingerprint density at radius 2 is 1.36 bits per heavy atom. The number of hydrogen-bond donors (Lipinski definition) is 1. The SMILES string of the molecule is CCC(N)c1ccc(-c2ccc3c(c2)C(CC)(CC)c2cc(-c4nc5ccccc5s4)ccc2-3)cc1. The van der Waals surface area contributed by atoms with Crippen LogP contribution >= 0.6 is 11.3 Å². The lowest BCUT2D eigenvalue weighted by atomic mass is 9.73. The molecule has 36 heavy (non-hydrogen) atoms. The summed E-state index contributed by atoms with van der Waals surface area (Å²) < 4.78 is 1.24. The summed E-state index contributed by atoms with van der Waals surface area (Å²) in [7, 11) is 0. The Balaban J connectivity index is 1.44. The van der Waals surface area contributed by atoms with E-state index in [1.807, 2.05) is 0 Å². The molecular formula is C33H32N2S. The standard InChI is InChI=1S/C33H32N2S/c1-4-29(34)22-13-11-21(12-14-22)23-15-17-25-26-18-16-24(32-35-30-9-7-8-10-31(30)36-32)20-28(26)33(5-2,6-3)27(25)19-23/h7-20,29H,4-6,34H2,1-3H3. The second-order valence-electron chi connectivity index (χ2n) is 9.93. The van der Waals surface area contributed by atoms with E-state index in [2.05, 4.69) is 106 Å². The van der Waals surface area contributed by atoms with E-state index in [4.69, 9.17) is 10.7 Å². The molecule has 0 fully saturated rings. The normalized spacial score (nSPS) is 14.6. The van der Waals surface area contributed by atoms with Gasteiger partial charge >= 0.3 is 0 Å². The number of para-hydroxylation sites is 1. The van der Waals surface area contributed by atoms with E-state index < -0.39 is 0 Å². The van der Waals surface area contributed by atoms with Gasteiger partial charge in [0.05, 0.1) is 10.2 Å². The van der Waals surface area contributed by atoms with Crippen molar-refractivity contribution in [2.24, 2.45) is 5.73 Å². The van der Waals surface area contributed by atoms with E-state index in [-0.39, 0.29) is 11.5 Å². The average Bonchev–Trinajstić information content (AvgIpc) is 3.49. The second-order valence-corrected chi connectivity index (χ2v) is 11.0. The maximum Gasteiger partial charge on any atom is 0.124 e. The highest BCUT2D eigenvalue weighted by atomic mass is 32.1. The molecule has 0 saturated heterocycles. The van der Waals surface area contributed by atoms with E-state index in [0.29, 0.717) is 0 Å². The van der Waals surface area contributed by atoms with Crippen LogP contribution in [0.2, 0.25) is 0 Å². The summed E-state index contributed by atoms with van der Waals surface area (Å²) in [6, 6.07) is 31.4. The van der Waals surface area contributed by atoms with Gasteiger partial charge in [-0.1, -0.05) is 81.4 Å². The lowest BCUT2D eigenvalue weighted by molar-refractivity contribution is 0.491. The van der Waals surface area contributed by atoms with E-state index in [1.165, 1.54) is 49.2 Å². The van der Waals surface area contributed by atoms with Crippen LogP contribution in [0.4, 0.5) is 0 Å². The summed E-state index contributed by atoms with van der Waals surface area (Å²) in [6.07, 6.45) is 3.09. The van der Waals surface area contributed by atoms with Gasteiger partial charge in [-0.25, -0.2) is 4.98 Å². The van der Waals surface area contributed by atoms with Crippen molar-refractivity contribution in [2.75, 3.05) is 0 Å². The van der Waals surface area contributed by atoms with Crippen LogP contribution in [0.5, 0.6) is 0 Å². The molecule has 0 radical (unpaired) electrons. The van der Waals surface area contributed by atoms with Gasteiger partial charge in [0, 0.05) is 17.0 Å². The third-order valence-corrected chi connectivity index (χ3v) is 9.31. The van der Waals surface area contributed by atoms with Gasteiger partial charge in [0.2, 0.25) is 0 Å². The van der Waals surface area contributed by atoms with Gasteiger partial charge in [0.25, 0.3) is 0 Å². The van der Waals surface area contributed by atoms with Gasteiger partial charge in [0.1, 0.15) is 5.01 Å². The lowest BCUT2D eigenvalue weighted by Crippen LogP contribution is -2.23. The Kier molecular flexibility index (Phi) is 5.78. The van der Waals surface area contributed by atoms with Crippen molar-refractivity contribution in [2.45, 2.75) is 51.5 Å². The maximum atomic E-state index is 6.25. The number of fused-ring (bicyclic) bond motifs is 4. The molecule has 1 aliphatic rings. The highest BCUT2D eigenvalue weighted by molar-refractivity contribution is 7.21. The van der Waals surface area contributed by atoms with Crippen molar-refractivity contribution in [1.82, 2.24) is 4.98 Å². The highest BCUT2D eigenvalue weighted by Crippen LogP contribution is 2.54. The summed E-state index contributed by atoms with van der Waals surface area (Å²) in [4.78, 5) is 4.95. The fourth-order valence-electron chi connectivity index (χ4n) is 5.97. The zero-order chi connectivity index (χ0) is 24.9. The lowest BCUT2D eigenvalue weighted by Gasteiger charge is -2.30. The van der Waals surface area contributed by atoms with Crippen LogP contribution < -0.4 is 5.73 Å². The zero-order valence-electron chi connectivity index (χ0n) is 21.2. The highest BCUT2D eigenvalue weighted by Gasteiger charge is 2.40. The van der Waals surface area contributed by atoms with Crippen molar-refractivity contribution < 1.29 is 0 Å². The molecule has 0 amide bonds. The average molecular weight is 489 g/mol. The number of benzene rings is 4. The first kappa shape index (κ1) is 23.1. The number of aromatic nitrogens is 1. The number of nitrogens with two attached hydrogens (primary N) is 1. The van der Waals surface area contributed by atoms with Crippen LogP contribution in [-0.4, -0.2) is 4.98 Å². The summed E-state index contributed by atoms with van der Waals surface area (Å²) >= 11 is 1.78. The third-order valence-electron chi connectivity index (χ3n) is 8.22. The Hall–Kier alpha value is -3.27. The summed E-state index contributed by atoms with van der Waals surface area (Å²) in [5.41, 5.74) is 17.9. The van der Waals surface area contributed by atoms with Crippen molar-refractivity contribution in [3.8, 4) is 32.8 Å². The molecular weight excluding hydrogens is 456 g/mol. The van der Waals surface area contributed by atoms with E-state index in [9.17, 15) is 0 Å². The van der Waals surface area contributed by atoms with Gasteiger partial charge in [-0.2, -0.15) is 0 Å². The monoisotopic (exact) mass is 488 g/mol. The fraction of sp³-hybridized carbons (Fsp3) is 0.242. The van der Waals surface area contributed by atoms with Crippen LogP contribution in [0, 0.1) is 0 Å².